The summed E-state index contributed by atoms with van der Waals surface area (Å²) in [6.45, 7) is 0. The van der Waals surface area contributed by atoms with Crippen LogP contribution in [0.4, 0.5) is 0 Å². The molecule has 1 rings (SSSR count). The molecule has 1 aromatic carbocycles. The minimum absolute atomic E-state index is 0.0342. The molecule has 0 heterocycles. The lowest BCUT2D eigenvalue weighted by molar-refractivity contribution is 0.609. The normalized spacial score (nSPS) is 12.0. The maximum absolute atomic E-state index is 10.8. The molecule has 1 aromatic rings. The molecule has 0 unspecified atom stereocenters. The van der Waals surface area contributed by atoms with Gasteiger partial charge in [0.1, 0.15) is 4.84 Å². The summed E-state index contributed by atoms with van der Waals surface area (Å²) in [5.41, 5.74) is 0.632. The van der Waals surface area contributed by atoms with Gasteiger partial charge in [-0.05, 0) is 17.7 Å². The van der Waals surface area contributed by atoms with Gasteiger partial charge in [-0.25, -0.2) is 8.42 Å². The molecular formula is C7H5Cl3O2S. The van der Waals surface area contributed by atoms with Crippen molar-refractivity contribution in [3.63, 3.8) is 0 Å². The summed E-state index contributed by atoms with van der Waals surface area (Å²) in [5, 5.41) is 0. The average Bonchev–Trinajstić information content (AvgIpc) is 2.03. The Hall–Kier alpha value is 0.0400. The molecule has 6 heteroatoms. The lowest BCUT2D eigenvalue weighted by Gasteiger charge is -2.01. The van der Waals surface area contributed by atoms with Gasteiger partial charge in [0.2, 0.25) is 0 Å². The molecule has 0 amide bonds. The fraction of sp³-hybridized carbons (Fsp3) is 0.143. The summed E-state index contributed by atoms with van der Waals surface area (Å²) in [4.78, 5) is -0.626. The van der Waals surface area contributed by atoms with E-state index in [0.29, 0.717) is 5.56 Å². The quantitative estimate of drug-likeness (QED) is 0.604. The van der Waals surface area contributed by atoms with Crippen LogP contribution in [0, 0.1) is 0 Å². The number of hydrogen-bond donors (Lipinski definition) is 0. The van der Waals surface area contributed by atoms with Gasteiger partial charge in [-0.15, -0.1) is 23.2 Å². The summed E-state index contributed by atoms with van der Waals surface area (Å²) in [6.07, 6.45) is 0. The van der Waals surface area contributed by atoms with E-state index in [2.05, 4.69) is 0 Å². The number of hydrogen-bond acceptors (Lipinski definition) is 2. The van der Waals surface area contributed by atoms with Gasteiger partial charge < -0.3 is 0 Å². The number of rotatable bonds is 2. The molecule has 0 aliphatic carbocycles. The van der Waals surface area contributed by atoms with Crippen LogP contribution in [-0.4, -0.2) is 8.42 Å². The third-order valence-corrected chi connectivity index (χ3v) is 3.29. The predicted octanol–water partition coefficient (Wildman–Crippen LogP) is 3.09. The Kier molecular flexibility index (Phi) is 3.46. The van der Waals surface area contributed by atoms with Crippen molar-refractivity contribution in [1.82, 2.24) is 0 Å². The van der Waals surface area contributed by atoms with Crippen LogP contribution >= 0.6 is 33.9 Å². The van der Waals surface area contributed by atoms with E-state index < -0.39 is 13.9 Å². The molecule has 0 aliphatic rings. The van der Waals surface area contributed by atoms with Gasteiger partial charge in [0.25, 0.3) is 9.05 Å². The molecule has 13 heavy (non-hydrogen) atoms. The Bertz CT molecular complexity index is 383. The number of benzene rings is 1. The van der Waals surface area contributed by atoms with Crippen LogP contribution in [0.2, 0.25) is 0 Å². The SMILES string of the molecule is O=S(=O)(Cl)c1ccc(C(Cl)Cl)cc1. The van der Waals surface area contributed by atoms with Crippen molar-refractivity contribution in [3.8, 4) is 0 Å². The smallest absolute Gasteiger partial charge is 0.207 e. The van der Waals surface area contributed by atoms with Crippen LogP contribution in [0.5, 0.6) is 0 Å². The van der Waals surface area contributed by atoms with Crippen molar-refractivity contribution < 1.29 is 8.42 Å². The number of alkyl halides is 2. The zero-order valence-electron chi connectivity index (χ0n) is 6.25. The molecule has 0 N–H and O–H groups in total. The first-order chi connectivity index (χ1) is 5.91. The highest BCUT2D eigenvalue weighted by atomic mass is 35.7. The van der Waals surface area contributed by atoms with Crippen molar-refractivity contribution >= 4 is 42.9 Å². The zero-order chi connectivity index (χ0) is 10.1. The lowest BCUT2D eigenvalue weighted by atomic mass is 10.2. The topological polar surface area (TPSA) is 34.1 Å². The molecule has 0 spiro atoms. The van der Waals surface area contributed by atoms with E-state index in [0.717, 1.165) is 0 Å². The third kappa shape index (κ3) is 3.02. The second kappa shape index (κ2) is 4.05. The summed E-state index contributed by atoms with van der Waals surface area (Å²) in [7, 11) is 1.44. The standard InChI is InChI=1S/C7H5Cl3O2S/c8-7(9)5-1-3-6(4-2-5)13(10,11)12/h1-4,7H. The number of halogens is 3. The summed E-state index contributed by atoms with van der Waals surface area (Å²) < 4.78 is 21.6. The third-order valence-electron chi connectivity index (χ3n) is 1.41. The van der Waals surface area contributed by atoms with E-state index in [1.807, 2.05) is 0 Å². The summed E-state index contributed by atoms with van der Waals surface area (Å²) >= 11 is 11.1. The average molecular weight is 260 g/mol. The van der Waals surface area contributed by atoms with E-state index in [1.165, 1.54) is 24.3 Å². The Morgan fingerprint density at radius 2 is 1.54 bits per heavy atom. The van der Waals surface area contributed by atoms with Gasteiger partial charge in [0, 0.05) is 10.7 Å². The van der Waals surface area contributed by atoms with E-state index in [1.54, 1.807) is 0 Å². The van der Waals surface area contributed by atoms with Crippen LogP contribution in [-0.2, 0) is 9.05 Å². The first kappa shape index (κ1) is 11.1. The van der Waals surface area contributed by atoms with E-state index in [-0.39, 0.29) is 4.90 Å². The van der Waals surface area contributed by atoms with Crippen LogP contribution in [0.3, 0.4) is 0 Å². The first-order valence-corrected chi connectivity index (χ1v) is 6.42. The highest BCUT2D eigenvalue weighted by Crippen LogP contribution is 2.26. The lowest BCUT2D eigenvalue weighted by Crippen LogP contribution is -1.90. The zero-order valence-corrected chi connectivity index (χ0v) is 9.33. The maximum Gasteiger partial charge on any atom is 0.261 e. The predicted molar refractivity (Wildman–Crippen MR) is 53.9 cm³/mol. The van der Waals surface area contributed by atoms with E-state index in [4.69, 9.17) is 33.9 Å². The van der Waals surface area contributed by atoms with Gasteiger partial charge in [-0.1, -0.05) is 12.1 Å². The van der Waals surface area contributed by atoms with Crippen LogP contribution in [0.1, 0.15) is 10.4 Å². The molecule has 72 valence electrons. The largest absolute Gasteiger partial charge is 0.261 e. The first-order valence-electron chi connectivity index (χ1n) is 3.24. The van der Waals surface area contributed by atoms with Gasteiger partial charge in [0.15, 0.2) is 0 Å². The highest BCUT2D eigenvalue weighted by molar-refractivity contribution is 8.13. The second-order valence-corrected chi connectivity index (χ2v) is 5.97. The van der Waals surface area contributed by atoms with Crippen molar-refractivity contribution in [2.45, 2.75) is 9.73 Å². The van der Waals surface area contributed by atoms with Crippen molar-refractivity contribution in [2.75, 3.05) is 0 Å². The minimum atomic E-state index is -3.66. The Morgan fingerprint density at radius 1 is 1.08 bits per heavy atom. The van der Waals surface area contributed by atoms with E-state index >= 15 is 0 Å². The molecule has 0 saturated heterocycles. The second-order valence-electron chi connectivity index (χ2n) is 2.31. The van der Waals surface area contributed by atoms with Crippen molar-refractivity contribution in [3.05, 3.63) is 29.8 Å². The van der Waals surface area contributed by atoms with Gasteiger partial charge >= 0.3 is 0 Å². The molecule has 2 nitrogen and oxygen atoms in total. The molecule has 0 bridgehead atoms. The minimum Gasteiger partial charge on any atom is -0.207 e. The molecule has 0 saturated carbocycles. The molecule has 0 aliphatic heterocycles. The monoisotopic (exact) mass is 258 g/mol. The van der Waals surface area contributed by atoms with Gasteiger partial charge in [0.05, 0.1) is 4.90 Å². The van der Waals surface area contributed by atoms with Crippen molar-refractivity contribution in [1.29, 1.82) is 0 Å². The Labute approximate surface area is 90.8 Å². The Balaban J connectivity index is 3.08. The molecule has 0 fully saturated rings. The summed E-state index contributed by atoms with van der Waals surface area (Å²) in [6, 6.07) is 5.74. The van der Waals surface area contributed by atoms with Crippen LogP contribution in [0.15, 0.2) is 29.2 Å². The Morgan fingerprint density at radius 3 is 1.85 bits per heavy atom. The molecule has 0 radical (unpaired) electrons. The van der Waals surface area contributed by atoms with Crippen LogP contribution < -0.4 is 0 Å². The summed E-state index contributed by atoms with van der Waals surface area (Å²) in [5.74, 6) is 0. The molecule has 0 atom stereocenters. The van der Waals surface area contributed by atoms with Gasteiger partial charge in [-0.2, -0.15) is 0 Å². The van der Waals surface area contributed by atoms with Gasteiger partial charge in [-0.3, -0.25) is 0 Å². The fourth-order valence-electron chi connectivity index (χ4n) is 0.776. The maximum atomic E-state index is 10.8. The van der Waals surface area contributed by atoms with E-state index in [9.17, 15) is 8.42 Å². The highest BCUT2D eigenvalue weighted by Gasteiger charge is 2.10. The molecular weight excluding hydrogens is 255 g/mol. The van der Waals surface area contributed by atoms with Crippen LogP contribution in [0.25, 0.3) is 0 Å². The molecule has 0 aromatic heterocycles. The van der Waals surface area contributed by atoms with Crippen molar-refractivity contribution in [2.24, 2.45) is 0 Å². The fourth-order valence-corrected chi connectivity index (χ4v) is 1.84.